The average molecular weight is 274 g/mol. The molecule has 3 rings (SSSR count). The fourth-order valence-corrected chi connectivity index (χ4v) is 3.42. The van der Waals surface area contributed by atoms with Crippen LogP contribution in [0.5, 0.6) is 0 Å². The van der Waals surface area contributed by atoms with E-state index in [0.29, 0.717) is 0 Å². The number of benzene rings is 2. The Morgan fingerprint density at radius 2 is 1.78 bits per heavy atom. The molecule has 0 fully saturated rings. The van der Waals surface area contributed by atoms with Gasteiger partial charge in [0, 0.05) is 26.4 Å². The Labute approximate surface area is 115 Å². The minimum absolute atomic E-state index is 0.801. The molecule has 0 saturated carbocycles. The number of nitrogens with one attached hydrogen (secondary N) is 1. The van der Waals surface area contributed by atoms with Crippen LogP contribution >= 0.6 is 23.4 Å². The molecule has 0 aliphatic rings. The number of H-pyrrole nitrogens is 1. The summed E-state index contributed by atoms with van der Waals surface area (Å²) < 4.78 is 0. The zero-order chi connectivity index (χ0) is 12.5. The Bertz CT molecular complexity index is 688. The van der Waals surface area contributed by atoms with E-state index in [1.54, 1.807) is 11.8 Å². The first-order chi connectivity index (χ1) is 8.75. The van der Waals surface area contributed by atoms with E-state index in [0.717, 1.165) is 21.6 Å². The van der Waals surface area contributed by atoms with Crippen LogP contribution in [-0.2, 0) is 0 Å². The van der Waals surface area contributed by atoms with Gasteiger partial charge in [-0.15, -0.1) is 0 Å². The van der Waals surface area contributed by atoms with Crippen molar-refractivity contribution in [2.45, 2.75) is 16.7 Å². The first-order valence-electron chi connectivity index (χ1n) is 5.75. The van der Waals surface area contributed by atoms with Crippen LogP contribution in [0.1, 0.15) is 5.69 Å². The number of aromatic amines is 1. The largest absolute Gasteiger partial charge is 0.358 e. The molecule has 3 aromatic rings. The maximum atomic E-state index is 6.31. The van der Waals surface area contributed by atoms with Crippen molar-refractivity contribution >= 4 is 34.3 Å². The van der Waals surface area contributed by atoms with Crippen molar-refractivity contribution in [2.24, 2.45) is 0 Å². The second-order valence-electron chi connectivity index (χ2n) is 4.16. The summed E-state index contributed by atoms with van der Waals surface area (Å²) in [5.74, 6) is 0. The van der Waals surface area contributed by atoms with E-state index in [1.807, 2.05) is 30.3 Å². The predicted molar refractivity (Wildman–Crippen MR) is 78.6 cm³/mol. The van der Waals surface area contributed by atoms with Gasteiger partial charge in [-0.3, -0.25) is 0 Å². The van der Waals surface area contributed by atoms with Crippen molar-refractivity contribution in [1.29, 1.82) is 0 Å². The molecule has 0 bridgehead atoms. The summed E-state index contributed by atoms with van der Waals surface area (Å²) in [6, 6.07) is 16.3. The molecule has 0 saturated heterocycles. The number of hydrogen-bond donors (Lipinski definition) is 1. The second-order valence-corrected chi connectivity index (χ2v) is 5.65. The fraction of sp³-hybridized carbons (Fsp3) is 0.0667. The Morgan fingerprint density at radius 1 is 1.00 bits per heavy atom. The van der Waals surface area contributed by atoms with E-state index in [9.17, 15) is 0 Å². The van der Waals surface area contributed by atoms with Crippen molar-refractivity contribution in [1.82, 2.24) is 4.98 Å². The van der Waals surface area contributed by atoms with Gasteiger partial charge in [-0.1, -0.05) is 47.6 Å². The van der Waals surface area contributed by atoms with E-state index in [4.69, 9.17) is 11.6 Å². The summed E-state index contributed by atoms with van der Waals surface area (Å²) in [5, 5.41) is 1.92. The molecule has 90 valence electrons. The molecular formula is C15H12ClNS. The SMILES string of the molecule is Cc1[nH]c2cccc(Cl)c2c1Sc1ccccc1. The lowest BCUT2D eigenvalue weighted by Gasteiger charge is -2.02. The van der Waals surface area contributed by atoms with Gasteiger partial charge in [0.2, 0.25) is 0 Å². The molecule has 0 unspecified atom stereocenters. The molecule has 0 radical (unpaired) electrons. The van der Waals surface area contributed by atoms with Crippen LogP contribution in [0, 0.1) is 6.92 Å². The first kappa shape index (κ1) is 11.7. The molecule has 3 heteroatoms. The molecule has 0 aliphatic heterocycles. The molecule has 1 nitrogen and oxygen atoms in total. The summed E-state index contributed by atoms with van der Waals surface area (Å²) in [6.45, 7) is 2.08. The lowest BCUT2D eigenvalue weighted by Crippen LogP contribution is -1.76. The van der Waals surface area contributed by atoms with Gasteiger partial charge in [0.05, 0.1) is 5.02 Å². The fourth-order valence-electron chi connectivity index (χ4n) is 2.04. The normalized spacial score (nSPS) is 11.0. The Balaban J connectivity index is 2.14. The third-order valence-electron chi connectivity index (χ3n) is 2.87. The molecule has 1 aromatic heterocycles. The lowest BCUT2D eigenvalue weighted by atomic mass is 10.2. The van der Waals surface area contributed by atoms with Crippen molar-refractivity contribution in [3.8, 4) is 0 Å². The molecule has 0 atom stereocenters. The average Bonchev–Trinajstić information content (AvgIpc) is 2.69. The quantitative estimate of drug-likeness (QED) is 0.671. The van der Waals surface area contributed by atoms with Gasteiger partial charge in [0.25, 0.3) is 0 Å². The van der Waals surface area contributed by atoms with Crippen molar-refractivity contribution in [3.05, 3.63) is 59.2 Å². The van der Waals surface area contributed by atoms with Crippen LogP contribution in [0.2, 0.25) is 5.02 Å². The van der Waals surface area contributed by atoms with Gasteiger partial charge in [-0.05, 0) is 31.2 Å². The standard InChI is InChI=1S/C15H12ClNS/c1-10-15(18-11-6-3-2-4-7-11)14-12(16)8-5-9-13(14)17-10/h2-9,17H,1H3. The molecule has 2 aromatic carbocycles. The number of aryl methyl sites for hydroxylation is 1. The zero-order valence-electron chi connectivity index (χ0n) is 9.91. The molecule has 1 N–H and O–H groups in total. The monoisotopic (exact) mass is 273 g/mol. The summed E-state index contributed by atoms with van der Waals surface area (Å²) >= 11 is 8.06. The highest BCUT2D eigenvalue weighted by Gasteiger charge is 2.12. The van der Waals surface area contributed by atoms with Crippen LogP contribution < -0.4 is 0 Å². The molecule has 1 heterocycles. The molecule has 0 aliphatic carbocycles. The molecular weight excluding hydrogens is 262 g/mol. The lowest BCUT2D eigenvalue weighted by molar-refractivity contribution is 1.23. The van der Waals surface area contributed by atoms with Crippen LogP contribution in [-0.4, -0.2) is 4.98 Å². The van der Waals surface area contributed by atoms with Gasteiger partial charge in [-0.25, -0.2) is 0 Å². The van der Waals surface area contributed by atoms with E-state index in [1.165, 1.54) is 9.79 Å². The molecule has 0 amide bonds. The third kappa shape index (κ3) is 2.02. The van der Waals surface area contributed by atoms with E-state index in [-0.39, 0.29) is 0 Å². The number of rotatable bonds is 2. The maximum absolute atomic E-state index is 6.31. The summed E-state index contributed by atoms with van der Waals surface area (Å²) in [4.78, 5) is 5.82. The Hall–Kier alpha value is -1.38. The summed E-state index contributed by atoms with van der Waals surface area (Å²) in [6.07, 6.45) is 0. The van der Waals surface area contributed by atoms with Crippen molar-refractivity contribution in [3.63, 3.8) is 0 Å². The Morgan fingerprint density at radius 3 is 2.56 bits per heavy atom. The molecule has 0 spiro atoms. The van der Waals surface area contributed by atoms with E-state index >= 15 is 0 Å². The van der Waals surface area contributed by atoms with Gasteiger partial charge in [-0.2, -0.15) is 0 Å². The van der Waals surface area contributed by atoms with Crippen LogP contribution in [0.25, 0.3) is 10.9 Å². The number of halogens is 1. The molecule has 18 heavy (non-hydrogen) atoms. The smallest absolute Gasteiger partial charge is 0.0511 e. The minimum Gasteiger partial charge on any atom is -0.358 e. The van der Waals surface area contributed by atoms with Crippen molar-refractivity contribution < 1.29 is 0 Å². The van der Waals surface area contributed by atoms with Gasteiger partial charge >= 0.3 is 0 Å². The van der Waals surface area contributed by atoms with Crippen LogP contribution in [0.4, 0.5) is 0 Å². The maximum Gasteiger partial charge on any atom is 0.0511 e. The number of hydrogen-bond acceptors (Lipinski definition) is 1. The van der Waals surface area contributed by atoms with Crippen LogP contribution in [0.3, 0.4) is 0 Å². The Kier molecular flexibility index (Phi) is 3.06. The number of aromatic nitrogens is 1. The number of fused-ring (bicyclic) bond motifs is 1. The topological polar surface area (TPSA) is 15.8 Å². The minimum atomic E-state index is 0.801. The van der Waals surface area contributed by atoms with Gasteiger partial charge < -0.3 is 4.98 Å². The van der Waals surface area contributed by atoms with Crippen LogP contribution in [0.15, 0.2) is 58.3 Å². The van der Waals surface area contributed by atoms with E-state index in [2.05, 4.69) is 30.1 Å². The third-order valence-corrected chi connectivity index (χ3v) is 4.40. The van der Waals surface area contributed by atoms with Crippen molar-refractivity contribution in [2.75, 3.05) is 0 Å². The highest BCUT2D eigenvalue weighted by Crippen LogP contribution is 2.39. The predicted octanol–water partition coefficient (Wildman–Crippen LogP) is 5.28. The second kappa shape index (κ2) is 4.71. The highest BCUT2D eigenvalue weighted by molar-refractivity contribution is 7.99. The summed E-state index contributed by atoms with van der Waals surface area (Å²) in [7, 11) is 0. The first-order valence-corrected chi connectivity index (χ1v) is 6.95. The zero-order valence-corrected chi connectivity index (χ0v) is 11.5. The van der Waals surface area contributed by atoms with E-state index < -0.39 is 0 Å². The van der Waals surface area contributed by atoms with Gasteiger partial charge in [0.15, 0.2) is 0 Å². The summed E-state index contributed by atoms with van der Waals surface area (Å²) in [5.41, 5.74) is 2.25. The highest BCUT2D eigenvalue weighted by atomic mass is 35.5. The van der Waals surface area contributed by atoms with Gasteiger partial charge in [0.1, 0.15) is 0 Å².